The molecule has 0 radical (unpaired) electrons. The minimum atomic E-state index is 0.908. The lowest BCUT2D eigenvalue weighted by Gasteiger charge is -2.24. The first-order valence-corrected chi connectivity index (χ1v) is 5.74. The lowest BCUT2D eigenvalue weighted by molar-refractivity contribution is 0.299. The van der Waals surface area contributed by atoms with Gasteiger partial charge in [-0.15, -0.1) is 0 Å². The number of rotatable bonds is 3. The van der Waals surface area contributed by atoms with E-state index in [0.29, 0.717) is 0 Å². The molecule has 0 unspecified atom stereocenters. The molecule has 2 rings (SSSR count). The predicted molar refractivity (Wildman–Crippen MR) is 64.9 cm³/mol. The van der Waals surface area contributed by atoms with Crippen LogP contribution in [0.4, 0.5) is 0 Å². The topological polar surface area (TPSA) is 27.0 Å². The molecule has 1 heterocycles. The Kier molecular flexibility index (Phi) is 3.74. The zero-order valence-electron chi connectivity index (χ0n) is 9.39. The average Bonchev–Trinajstić information content (AvgIpc) is 2.38. The van der Waals surface area contributed by atoms with E-state index in [1.165, 1.54) is 5.56 Å². The largest absolute Gasteiger partial charge is 0.299 e. The van der Waals surface area contributed by atoms with E-state index in [2.05, 4.69) is 41.3 Å². The summed E-state index contributed by atoms with van der Waals surface area (Å²) >= 11 is 0. The monoisotopic (exact) mass is 212 g/mol. The van der Waals surface area contributed by atoms with E-state index in [9.17, 15) is 0 Å². The quantitative estimate of drug-likeness (QED) is 0.769. The van der Waals surface area contributed by atoms with Gasteiger partial charge >= 0.3 is 0 Å². The third-order valence-corrected chi connectivity index (χ3v) is 3.00. The van der Waals surface area contributed by atoms with Crippen LogP contribution in [-0.4, -0.2) is 24.5 Å². The molecule has 2 nitrogen and oxygen atoms in total. The highest BCUT2D eigenvalue weighted by atomic mass is 15.1. The molecule has 1 aromatic carbocycles. The first kappa shape index (κ1) is 10.9. The van der Waals surface area contributed by atoms with E-state index < -0.39 is 0 Å². The van der Waals surface area contributed by atoms with E-state index in [0.717, 1.165) is 38.0 Å². The second kappa shape index (κ2) is 5.48. The minimum absolute atomic E-state index is 0.908. The maximum Gasteiger partial charge on any atom is 0.0944 e. The van der Waals surface area contributed by atoms with Crippen LogP contribution in [0.15, 0.2) is 42.0 Å². The molecule has 0 bridgehead atoms. The Morgan fingerprint density at radius 3 is 2.69 bits per heavy atom. The number of hydrogen-bond donors (Lipinski definition) is 0. The van der Waals surface area contributed by atoms with Crippen LogP contribution >= 0.6 is 0 Å². The number of nitriles is 1. The van der Waals surface area contributed by atoms with Gasteiger partial charge in [0, 0.05) is 25.2 Å². The van der Waals surface area contributed by atoms with Gasteiger partial charge in [0.15, 0.2) is 0 Å². The van der Waals surface area contributed by atoms with Crippen molar-refractivity contribution in [3.05, 3.63) is 47.5 Å². The van der Waals surface area contributed by atoms with Crippen molar-refractivity contribution in [1.29, 1.82) is 5.26 Å². The summed E-state index contributed by atoms with van der Waals surface area (Å²) in [5.41, 5.74) is 2.33. The zero-order chi connectivity index (χ0) is 11.2. The van der Waals surface area contributed by atoms with Crippen LogP contribution < -0.4 is 0 Å². The highest BCUT2D eigenvalue weighted by Crippen LogP contribution is 2.10. The molecule has 0 amide bonds. The van der Waals surface area contributed by atoms with Crippen molar-refractivity contribution >= 4 is 0 Å². The smallest absolute Gasteiger partial charge is 0.0944 e. The van der Waals surface area contributed by atoms with E-state index >= 15 is 0 Å². The molecule has 0 aromatic heterocycles. The molecule has 0 atom stereocenters. The summed E-state index contributed by atoms with van der Waals surface area (Å²) in [6.07, 6.45) is 4.05. The van der Waals surface area contributed by atoms with Gasteiger partial charge in [0.2, 0.25) is 0 Å². The van der Waals surface area contributed by atoms with E-state index in [-0.39, 0.29) is 0 Å². The summed E-state index contributed by atoms with van der Waals surface area (Å²) in [5.74, 6) is 0. The molecule has 0 spiro atoms. The summed E-state index contributed by atoms with van der Waals surface area (Å²) in [7, 11) is 0. The maximum absolute atomic E-state index is 8.75. The zero-order valence-corrected chi connectivity index (χ0v) is 9.39. The molecule has 0 aliphatic carbocycles. The molecule has 0 saturated heterocycles. The van der Waals surface area contributed by atoms with Gasteiger partial charge in [0.05, 0.1) is 6.07 Å². The summed E-state index contributed by atoms with van der Waals surface area (Å²) in [6.45, 7) is 3.03. The second-order valence-electron chi connectivity index (χ2n) is 4.13. The predicted octanol–water partition coefficient (Wildman–Crippen LogP) is 2.38. The third-order valence-electron chi connectivity index (χ3n) is 3.00. The molecule has 0 fully saturated rings. The number of hydrogen-bond acceptors (Lipinski definition) is 2. The molecule has 16 heavy (non-hydrogen) atoms. The molecule has 1 aliphatic rings. The van der Waals surface area contributed by atoms with Gasteiger partial charge < -0.3 is 0 Å². The molecular weight excluding hydrogens is 196 g/mol. The fourth-order valence-corrected chi connectivity index (χ4v) is 1.95. The van der Waals surface area contributed by atoms with Crippen molar-refractivity contribution in [2.75, 3.05) is 19.6 Å². The van der Waals surface area contributed by atoms with Gasteiger partial charge in [-0.3, -0.25) is 4.90 Å². The van der Waals surface area contributed by atoms with Gasteiger partial charge in [-0.05, 0) is 18.4 Å². The van der Waals surface area contributed by atoms with Gasteiger partial charge in [0.25, 0.3) is 0 Å². The molecule has 0 saturated carbocycles. The standard InChI is InChI=1S/C14H16N2/c15-12-14-7-10-16(11-8-14)9-6-13-4-2-1-3-5-13/h1-5,7H,6,8-11H2. The third kappa shape index (κ3) is 2.95. The molecule has 0 N–H and O–H groups in total. The molecule has 2 heteroatoms. The van der Waals surface area contributed by atoms with Crippen LogP contribution in [0.1, 0.15) is 12.0 Å². The Balaban J connectivity index is 1.81. The lowest BCUT2D eigenvalue weighted by atomic mass is 10.1. The fourth-order valence-electron chi connectivity index (χ4n) is 1.95. The second-order valence-corrected chi connectivity index (χ2v) is 4.13. The Morgan fingerprint density at radius 1 is 1.25 bits per heavy atom. The minimum Gasteiger partial charge on any atom is -0.299 e. The van der Waals surface area contributed by atoms with Crippen molar-refractivity contribution in [1.82, 2.24) is 4.90 Å². The van der Waals surface area contributed by atoms with Crippen molar-refractivity contribution < 1.29 is 0 Å². The first-order chi connectivity index (χ1) is 7.88. The van der Waals surface area contributed by atoms with E-state index in [4.69, 9.17) is 5.26 Å². The van der Waals surface area contributed by atoms with Crippen LogP contribution in [0.5, 0.6) is 0 Å². The number of benzene rings is 1. The van der Waals surface area contributed by atoms with Gasteiger partial charge in [-0.1, -0.05) is 36.4 Å². The fraction of sp³-hybridized carbons (Fsp3) is 0.357. The molecular formula is C14H16N2. The molecule has 1 aromatic rings. The van der Waals surface area contributed by atoms with E-state index in [1.807, 2.05) is 6.07 Å². The average molecular weight is 212 g/mol. The normalized spacial score (nSPS) is 16.6. The Bertz CT molecular complexity index is 400. The summed E-state index contributed by atoms with van der Waals surface area (Å²) in [5, 5.41) is 8.75. The van der Waals surface area contributed by atoms with Crippen LogP contribution in [0.25, 0.3) is 0 Å². The van der Waals surface area contributed by atoms with Crippen LogP contribution in [-0.2, 0) is 6.42 Å². The first-order valence-electron chi connectivity index (χ1n) is 5.74. The van der Waals surface area contributed by atoms with Crippen molar-refractivity contribution in [3.8, 4) is 6.07 Å². The van der Waals surface area contributed by atoms with Crippen LogP contribution in [0.2, 0.25) is 0 Å². The van der Waals surface area contributed by atoms with Gasteiger partial charge in [-0.25, -0.2) is 0 Å². The number of nitrogens with zero attached hydrogens (tertiary/aromatic N) is 2. The molecule has 82 valence electrons. The van der Waals surface area contributed by atoms with Crippen molar-refractivity contribution in [2.45, 2.75) is 12.8 Å². The van der Waals surface area contributed by atoms with Crippen molar-refractivity contribution in [3.63, 3.8) is 0 Å². The van der Waals surface area contributed by atoms with Crippen LogP contribution in [0.3, 0.4) is 0 Å². The highest BCUT2D eigenvalue weighted by molar-refractivity contribution is 5.23. The van der Waals surface area contributed by atoms with Crippen molar-refractivity contribution in [2.24, 2.45) is 0 Å². The Morgan fingerprint density at radius 2 is 2.06 bits per heavy atom. The SMILES string of the molecule is N#CC1=CCN(CCc2ccccc2)CC1. The van der Waals surface area contributed by atoms with Gasteiger partial charge in [0.1, 0.15) is 0 Å². The maximum atomic E-state index is 8.75. The summed E-state index contributed by atoms with van der Waals surface area (Å²) in [6, 6.07) is 12.8. The Labute approximate surface area is 96.8 Å². The lowest BCUT2D eigenvalue weighted by Crippen LogP contribution is -2.30. The summed E-state index contributed by atoms with van der Waals surface area (Å²) < 4.78 is 0. The highest BCUT2D eigenvalue weighted by Gasteiger charge is 2.10. The molecule has 1 aliphatic heterocycles. The Hall–Kier alpha value is -1.59. The van der Waals surface area contributed by atoms with Crippen LogP contribution in [0, 0.1) is 11.3 Å². The van der Waals surface area contributed by atoms with E-state index in [1.54, 1.807) is 0 Å². The summed E-state index contributed by atoms with van der Waals surface area (Å²) in [4.78, 5) is 2.40. The van der Waals surface area contributed by atoms with Gasteiger partial charge in [-0.2, -0.15) is 5.26 Å².